The molecule has 17 heavy (non-hydrogen) atoms. The number of benzene rings is 1. The molecule has 1 amide bonds. The summed E-state index contributed by atoms with van der Waals surface area (Å²) >= 11 is 5.78. The monoisotopic (exact) mass is 257 g/mol. The first-order valence-corrected chi connectivity index (χ1v) is 6.10. The number of carbonyl (C=O) groups is 1. The highest BCUT2D eigenvalue weighted by Gasteiger charge is 2.32. The topological polar surface area (TPSA) is 20.3 Å². The molecule has 0 aliphatic rings. The van der Waals surface area contributed by atoms with Crippen LogP contribution in [-0.2, 0) is 4.79 Å². The van der Waals surface area contributed by atoms with Crippen LogP contribution in [0.5, 0.6) is 0 Å². The number of nitrogens with zero attached hydrogens (tertiary/aromatic N) is 1. The maximum absolute atomic E-state index is 13.7. The molecule has 0 saturated carbocycles. The van der Waals surface area contributed by atoms with Gasteiger partial charge in [0.1, 0.15) is 5.82 Å². The van der Waals surface area contributed by atoms with Crippen LogP contribution >= 0.6 is 11.6 Å². The summed E-state index contributed by atoms with van der Waals surface area (Å²) in [5.74, 6) is -0.357. The van der Waals surface area contributed by atoms with E-state index in [-0.39, 0.29) is 11.8 Å². The van der Waals surface area contributed by atoms with E-state index >= 15 is 0 Å². The standard InChI is InChI=1S/C13H17ClFNO/c1-4-16(12(17)13(2,3)9-14)11-8-6-5-7-10(11)15/h5-8H,4,9H2,1-3H3. The number of anilines is 1. The van der Waals surface area contributed by atoms with Gasteiger partial charge in [0.2, 0.25) is 5.91 Å². The van der Waals surface area contributed by atoms with Crippen molar-refractivity contribution in [1.29, 1.82) is 0 Å². The zero-order valence-electron chi connectivity index (χ0n) is 10.3. The average molecular weight is 258 g/mol. The number of amides is 1. The van der Waals surface area contributed by atoms with Gasteiger partial charge in [-0.05, 0) is 32.9 Å². The van der Waals surface area contributed by atoms with E-state index < -0.39 is 11.2 Å². The summed E-state index contributed by atoms with van der Waals surface area (Å²) in [4.78, 5) is 13.7. The average Bonchev–Trinajstić information content (AvgIpc) is 2.32. The number of carbonyl (C=O) groups excluding carboxylic acids is 1. The lowest BCUT2D eigenvalue weighted by molar-refractivity contribution is -0.125. The minimum Gasteiger partial charge on any atom is -0.309 e. The van der Waals surface area contributed by atoms with Gasteiger partial charge >= 0.3 is 0 Å². The molecule has 0 spiro atoms. The number of hydrogen-bond donors (Lipinski definition) is 0. The van der Waals surface area contributed by atoms with Crippen molar-refractivity contribution in [3.63, 3.8) is 0 Å². The maximum atomic E-state index is 13.7. The predicted molar refractivity (Wildman–Crippen MR) is 68.9 cm³/mol. The second kappa shape index (κ2) is 5.50. The van der Waals surface area contributed by atoms with Crippen LogP contribution in [0.4, 0.5) is 10.1 Å². The lowest BCUT2D eigenvalue weighted by Gasteiger charge is -2.30. The van der Waals surface area contributed by atoms with E-state index in [1.165, 1.54) is 11.0 Å². The molecule has 1 aromatic carbocycles. The predicted octanol–water partition coefficient (Wildman–Crippen LogP) is 3.44. The molecule has 2 nitrogen and oxygen atoms in total. The minimum atomic E-state index is -0.695. The number of rotatable bonds is 4. The number of halogens is 2. The van der Waals surface area contributed by atoms with Crippen LogP contribution in [0.15, 0.2) is 24.3 Å². The first-order chi connectivity index (χ1) is 7.94. The molecule has 1 aromatic rings. The van der Waals surface area contributed by atoms with E-state index in [4.69, 9.17) is 11.6 Å². The molecular weight excluding hydrogens is 241 g/mol. The Morgan fingerprint density at radius 1 is 1.41 bits per heavy atom. The molecule has 0 unspecified atom stereocenters. The van der Waals surface area contributed by atoms with Crippen LogP contribution in [0, 0.1) is 11.2 Å². The molecule has 1 rings (SSSR count). The van der Waals surface area contributed by atoms with Gasteiger partial charge in [0.25, 0.3) is 0 Å². The minimum absolute atomic E-state index is 0.167. The van der Waals surface area contributed by atoms with E-state index in [0.29, 0.717) is 12.2 Å². The fraction of sp³-hybridized carbons (Fsp3) is 0.462. The van der Waals surface area contributed by atoms with Crippen molar-refractivity contribution in [3.8, 4) is 0 Å². The first kappa shape index (κ1) is 14.0. The van der Waals surface area contributed by atoms with Gasteiger partial charge in [0.15, 0.2) is 0 Å². The van der Waals surface area contributed by atoms with Crippen LogP contribution < -0.4 is 4.90 Å². The van der Waals surface area contributed by atoms with Gasteiger partial charge < -0.3 is 4.90 Å². The molecule has 0 saturated heterocycles. The Hall–Kier alpha value is -1.09. The smallest absolute Gasteiger partial charge is 0.233 e. The zero-order chi connectivity index (χ0) is 13.1. The quantitative estimate of drug-likeness (QED) is 0.757. The lowest BCUT2D eigenvalue weighted by atomic mass is 9.94. The lowest BCUT2D eigenvalue weighted by Crippen LogP contribution is -2.42. The highest BCUT2D eigenvalue weighted by molar-refractivity contribution is 6.20. The molecule has 0 radical (unpaired) electrons. The Labute approximate surface area is 106 Å². The molecule has 0 aromatic heterocycles. The summed E-state index contributed by atoms with van der Waals surface area (Å²) in [5, 5.41) is 0. The van der Waals surface area contributed by atoms with Crippen LogP contribution in [0.25, 0.3) is 0 Å². The molecular formula is C13H17ClFNO. The highest BCUT2D eigenvalue weighted by atomic mass is 35.5. The summed E-state index contributed by atoms with van der Waals surface area (Å²) < 4.78 is 13.7. The normalized spacial score (nSPS) is 11.4. The second-order valence-corrected chi connectivity index (χ2v) is 4.79. The van der Waals surface area contributed by atoms with Crippen molar-refractivity contribution in [2.24, 2.45) is 5.41 Å². The molecule has 0 heterocycles. The second-order valence-electron chi connectivity index (χ2n) is 4.52. The zero-order valence-corrected chi connectivity index (χ0v) is 11.1. The Kier molecular flexibility index (Phi) is 4.52. The molecule has 0 bridgehead atoms. The van der Waals surface area contributed by atoms with E-state index in [1.807, 2.05) is 6.92 Å². The van der Waals surface area contributed by atoms with E-state index in [1.54, 1.807) is 32.0 Å². The molecule has 0 atom stereocenters. The third-order valence-corrected chi connectivity index (χ3v) is 3.29. The molecule has 0 fully saturated rings. The van der Waals surface area contributed by atoms with Gasteiger partial charge in [-0.2, -0.15) is 0 Å². The molecule has 4 heteroatoms. The summed E-state index contributed by atoms with van der Waals surface area (Å²) in [6, 6.07) is 6.26. The summed E-state index contributed by atoms with van der Waals surface area (Å²) in [7, 11) is 0. The molecule has 0 N–H and O–H groups in total. The van der Waals surface area contributed by atoms with Gasteiger partial charge in [-0.15, -0.1) is 11.6 Å². The van der Waals surface area contributed by atoms with Crippen molar-refractivity contribution >= 4 is 23.2 Å². The van der Waals surface area contributed by atoms with Crippen molar-refractivity contribution in [2.45, 2.75) is 20.8 Å². The number of hydrogen-bond acceptors (Lipinski definition) is 1. The molecule has 0 aliphatic carbocycles. The fourth-order valence-electron chi connectivity index (χ4n) is 1.52. The fourth-order valence-corrected chi connectivity index (χ4v) is 1.63. The van der Waals surface area contributed by atoms with E-state index in [2.05, 4.69) is 0 Å². The van der Waals surface area contributed by atoms with Gasteiger partial charge in [-0.1, -0.05) is 12.1 Å². The Balaban J connectivity index is 3.09. The van der Waals surface area contributed by atoms with Crippen LogP contribution in [0.3, 0.4) is 0 Å². The van der Waals surface area contributed by atoms with E-state index in [0.717, 1.165) is 0 Å². The first-order valence-electron chi connectivity index (χ1n) is 5.56. The van der Waals surface area contributed by atoms with Crippen LogP contribution in [-0.4, -0.2) is 18.3 Å². The van der Waals surface area contributed by atoms with Crippen molar-refractivity contribution < 1.29 is 9.18 Å². The number of alkyl halides is 1. The van der Waals surface area contributed by atoms with Gasteiger partial charge in [-0.3, -0.25) is 4.79 Å². The van der Waals surface area contributed by atoms with Gasteiger partial charge in [0.05, 0.1) is 11.1 Å². The molecule has 0 aliphatic heterocycles. The highest BCUT2D eigenvalue weighted by Crippen LogP contribution is 2.26. The number of para-hydroxylation sites is 1. The third-order valence-electron chi connectivity index (χ3n) is 2.62. The Bertz CT molecular complexity index is 406. The van der Waals surface area contributed by atoms with E-state index in [9.17, 15) is 9.18 Å². The summed E-state index contributed by atoms with van der Waals surface area (Å²) in [6.45, 7) is 5.74. The Morgan fingerprint density at radius 2 is 2.00 bits per heavy atom. The van der Waals surface area contributed by atoms with Crippen LogP contribution in [0.1, 0.15) is 20.8 Å². The van der Waals surface area contributed by atoms with Gasteiger partial charge in [0, 0.05) is 12.4 Å². The maximum Gasteiger partial charge on any atom is 0.233 e. The van der Waals surface area contributed by atoms with Crippen molar-refractivity contribution in [2.75, 3.05) is 17.3 Å². The molecule has 94 valence electrons. The Morgan fingerprint density at radius 3 is 2.47 bits per heavy atom. The van der Waals surface area contributed by atoms with Crippen molar-refractivity contribution in [3.05, 3.63) is 30.1 Å². The van der Waals surface area contributed by atoms with Crippen molar-refractivity contribution in [1.82, 2.24) is 0 Å². The summed E-state index contributed by atoms with van der Waals surface area (Å²) in [6.07, 6.45) is 0. The SMILES string of the molecule is CCN(C(=O)C(C)(C)CCl)c1ccccc1F. The third kappa shape index (κ3) is 2.97. The summed E-state index contributed by atoms with van der Waals surface area (Å²) in [5.41, 5.74) is -0.391. The van der Waals surface area contributed by atoms with Gasteiger partial charge in [-0.25, -0.2) is 4.39 Å². The largest absolute Gasteiger partial charge is 0.309 e. The van der Waals surface area contributed by atoms with Crippen LogP contribution in [0.2, 0.25) is 0 Å².